The second-order valence-electron chi connectivity index (χ2n) is 11.2. The molecule has 0 radical (unpaired) electrons. The van der Waals surface area contributed by atoms with Crippen molar-refractivity contribution < 1.29 is 42.1 Å². The normalized spacial score (nSPS) is 17.7. The number of fused-ring (bicyclic) bond motifs is 1. The fraction of sp³-hybridized carbons (Fsp3) is 0.438. The Morgan fingerprint density at radius 3 is 2.52 bits per heavy atom. The van der Waals surface area contributed by atoms with Crippen molar-refractivity contribution in [1.29, 1.82) is 5.26 Å². The number of rotatable bonds is 10. The van der Waals surface area contributed by atoms with Gasteiger partial charge in [0.1, 0.15) is 6.61 Å². The minimum Gasteiger partial charge on any atom is -0.481 e. The van der Waals surface area contributed by atoms with Crippen LogP contribution >= 0.6 is 0 Å². The fourth-order valence-corrected chi connectivity index (χ4v) is 5.83. The minimum absolute atomic E-state index is 0.141. The molecule has 0 saturated carbocycles. The van der Waals surface area contributed by atoms with Gasteiger partial charge in [0.2, 0.25) is 11.8 Å². The highest BCUT2D eigenvalue weighted by Gasteiger charge is 2.41. The number of ether oxygens (including phenoxy) is 3. The lowest BCUT2D eigenvalue weighted by Crippen LogP contribution is -2.48. The predicted molar refractivity (Wildman–Crippen MR) is 166 cm³/mol. The summed E-state index contributed by atoms with van der Waals surface area (Å²) in [5.41, 5.74) is 0.520. The summed E-state index contributed by atoms with van der Waals surface area (Å²) in [5.74, 6) is -0.706. The number of morpholine rings is 1. The molecule has 2 aliphatic rings. The monoisotopic (exact) mass is 669 g/mol. The number of nitriles is 1. The molecule has 0 spiro atoms. The van der Waals surface area contributed by atoms with E-state index in [2.05, 4.69) is 19.9 Å². The maximum absolute atomic E-state index is 13.9. The van der Waals surface area contributed by atoms with Gasteiger partial charge in [0.15, 0.2) is 0 Å². The average molecular weight is 670 g/mol. The van der Waals surface area contributed by atoms with E-state index in [1.807, 2.05) is 13.0 Å². The summed E-state index contributed by atoms with van der Waals surface area (Å²) >= 11 is 0. The molecule has 2 aliphatic heterocycles. The maximum Gasteiger partial charge on any atom is 0.416 e. The third kappa shape index (κ3) is 7.68. The van der Waals surface area contributed by atoms with Gasteiger partial charge in [0, 0.05) is 31.7 Å². The number of aromatic nitrogens is 3. The Bertz CT molecular complexity index is 1660. The summed E-state index contributed by atoms with van der Waals surface area (Å²) in [5, 5.41) is 18.6. The van der Waals surface area contributed by atoms with Crippen LogP contribution in [0, 0.1) is 11.3 Å². The van der Waals surface area contributed by atoms with E-state index >= 15 is 0 Å². The third-order valence-corrected chi connectivity index (χ3v) is 8.17. The summed E-state index contributed by atoms with van der Waals surface area (Å²) in [7, 11) is 1.43. The van der Waals surface area contributed by atoms with E-state index in [1.54, 1.807) is 29.4 Å². The van der Waals surface area contributed by atoms with Gasteiger partial charge in [-0.15, -0.1) is 0 Å². The van der Waals surface area contributed by atoms with Crippen molar-refractivity contribution in [3.8, 4) is 11.9 Å². The smallest absolute Gasteiger partial charge is 0.416 e. The zero-order valence-electron chi connectivity index (χ0n) is 26.3. The number of halogens is 3. The number of anilines is 3. The molecule has 0 bridgehead atoms. The molecule has 1 unspecified atom stereocenters. The Balaban J connectivity index is 1.61. The number of benzene rings is 1. The van der Waals surface area contributed by atoms with Gasteiger partial charge in [-0.2, -0.15) is 18.4 Å². The van der Waals surface area contributed by atoms with Gasteiger partial charge in [-0.1, -0.05) is 6.92 Å². The molecular weight excluding hydrogens is 635 g/mol. The van der Waals surface area contributed by atoms with Crippen molar-refractivity contribution in [2.75, 3.05) is 54.7 Å². The van der Waals surface area contributed by atoms with Crippen LogP contribution in [0.15, 0.2) is 42.7 Å². The minimum atomic E-state index is -4.69. The van der Waals surface area contributed by atoms with Gasteiger partial charge in [-0.05, 0) is 42.7 Å². The van der Waals surface area contributed by atoms with E-state index in [-0.39, 0.29) is 48.9 Å². The van der Waals surface area contributed by atoms with Gasteiger partial charge in [0.25, 0.3) is 0 Å². The van der Waals surface area contributed by atoms with Crippen LogP contribution in [0.25, 0.3) is 0 Å². The van der Waals surface area contributed by atoms with E-state index in [0.29, 0.717) is 44.1 Å². The lowest BCUT2D eigenvalue weighted by Gasteiger charge is -2.43. The summed E-state index contributed by atoms with van der Waals surface area (Å²) < 4.78 is 57.8. The maximum atomic E-state index is 13.9. The van der Waals surface area contributed by atoms with Crippen LogP contribution in [0.3, 0.4) is 0 Å². The van der Waals surface area contributed by atoms with Crippen LogP contribution < -0.4 is 19.4 Å². The summed E-state index contributed by atoms with van der Waals surface area (Å²) in [4.78, 5) is 43.5. The molecule has 3 aromatic rings. The molecule has 48 heavy (non-hydrogen) atoms. The third-order valence-electron chi connectivity index (χ3n) is 8.17. The van der Waals surface area contributed by atoms with Gasteiger partial charge >= 0.3 is 18.2 Å². The summed E-state index contributed by atoms with van der Waals surface area (Å²) in [6, 6.07) is 7.02. The van der Waals surface area contributed by atoms with Crippen LogP contribution in [0.2, 0.25) is 0 Å². The Morgan fingerprint density at radius 1 is 1.17 bits per heavy atom. The molecule has 5 rings (SSSR count). The number of hydrogen-bond donors (Lipinski definition) is 1. The second kappa shape index (κ2) is 14.7. The molecule has 1 N–H and O–H groups in total. The van der Waals surface area contributed by atoms with Gasteiger partial charge in [-0.25, -0.2) is 19.7 Å². The van der Waals surface area contributed by atoms with Crippen LogP contribution in [0.4, 0.5) is 35.3 Å². The highest BCUT2D eigenvalue weighted by molar-refractivity contribution is 5.90. The molecule has 4 heterocycles. The number of carbonyl (C=O) groups excluding carboxylic acids is 1. The van der Waals surface area contributed by atoms with Crippen LogP contribution in [-0.4, -0.2) is 78.2 Å². The van der Waals surface area contributed by atoms with Gasteiger partial charge in [-0.3, -0.25) is 9.69 Å². The van der Waals surface area contributed by atoms with E-state index in [4.69, 9.17) is 19.3 Å². The summed E-state index contributed by atoms with van der Waals surface area (Å²) in [6.45, 7) is 3.77. The van der Waals surface area contributed by atoms with Crippen molar-refractivity contribution in [2.45, 2.75) is 51.0 Å². The number of alkyl halides is 3. The Hall–Kier alpha value is -5.17. The van der Waals surface area contributed by atoms with Crippen LogP contribution in [0.5, 0.6) is 5.88 Å². The molecule has 16 heteroatoms. The van der Waals surface area contributed by atoms with Gasteiger partial charge in [0.05, 0.1) is 79.4 Å². The predicted octanol–water partition coefficient (Wildman–Crippen LogP) is 4.96. The first-order chi connectivity index (χ1) is 23.0. The van der Waals surface area contributed by atoms with Crippen molar-refractivity contribution in [3.63, 3.8) is 0 Å². The molecule has 254 valence electrons. The first kappa shape index (κ1) is 34.2. The molecule has 1 aromatic carbocycles. The number of pyridine rings is 1. The topological polar surface area (TPSA) is 154 Å². The molecule has 1 saturated heterocycles. The summed E-state index contributed by atoms with van der Waals surface area (Å²) in [6.07, 6.45) is -1.87. The van der Waals surface area contributed by atoms with Crippen molar-refractivity contribution >= 4 is 29.4 Å². The lowest BCUT2D eigenvalue weighted by atomic mass is 9.92. The van der Waals surface area contributed by atoms with Crippen LogP contribution in [0.1, 0.15) is 54.6 Å². The molecule has 2 atom stereocenters. The number of carbonyl (C=O) groups is 2. The first-order valence-corrected chi connectivity index (χ1v) is 15.3. The molecule has 0 aliphatic carbocycles. The number of aliphatic carboxylic acids is 1. The largest absolute Gasteiger partial charge is 0.481 e. The molecule has 1 fully saturated rings. The number of carboxylic acids is 1. The number of amides is 1. The molecule has 1 amide bonds. The molecule has 13 nitrogen and oxygen atoms in total. The first-order valence-electron chi connectivity index (χ1n) is 15.3. The molecule has 2 aromatic heterocycles. The highest BCUT2D eigenvalue weighted by atomic mass is 19.4. The zero-order valence-corrected chi connectivity index (χ0v) is 26.3. The quantitative estimate of drug-likeness (QED) is 0.311. The Labute approximate surface area is 274 Å². The van der Waals surface area contributed by atoms with Crippen molar-refractivity contribution in [1.82, 2.24) is 15.0 Å². The van der Waals surface area contributed by atoms with E-state index in [1.165, 1.54) is 18.1 Å². The van der Waals surface area contributed by atoms with E-state index in [0.717, 1.165) is 17.8 Å². The Kier molecular flexibility index (Phi) is 10.5. The SMILES string of the molecule is CC[C@@H]1CC(N(Cc2cc(C#N)cc(C(F)(F)F)c2)c2ncc(N3CCOCC3)cn2)c2nc(OC)ccc2N1C(=O)OCCC(=O)O. The van der Waals surface area contributed by atoms with Crippen LogP contribution in [-0.2, 0) is 27.0 Å². The number of nitrogens with zero attached hydrogens (tertiary/aromatic N) is 7. The van der Waals surface area contributed by atoms with Crippen molar-refractivity contribution in [2.24, 2.45) is 0 Å². The average Bonchev–Trinajstić information content (AvgIpc) is 3.09. The van der Waals surface area contributed by atoms with Gasteiger partial charge < -0.3 is 29.1 Å². The fourth-order valence-electron chi connectivity index (χ4n) is 5.83. The standard InChI is InChI=1S/C32H34F3N7O6/c1-3-23-15-26(29-25(4-5-27(39-29)46-2)42(23)31(45)48-9-6-28(43)44)41(19-21-12-20(16-36)13-22(14-21)32(33,34)35)30-37-17-24(18-38-30)40-7-10-47-11-8-40/h4-5,12-14,17-18,23,26H,3,6-11,15,19H2,1-2H3,(H,43,44)/t23-,26?/m1/s1. The van der Waals surface area contributed by atoms with Crippen molar-refractivity contribution in [3.05, 3.63) is 65.1 Å². The number of hydrogen-bond acceptors (Lipinski definition) is 11. The number of methoxy groups -OCH3 is 1. The second-order valence-corrected chi connectivity index (χ2v) is 11.2. The zero-order chi connectivity index (χ0) is 34.4. The lowest BCUT2D eigenvalue weighted by molar-refractivity contribution is -0.138. The van der Waals surface area contributed by atoms with E-state index in [9.17, 15) is 28.0 Å². The Morgan fingerprint density at radius 2 is 1.90 bits per heavy atom. The number of carboxylic acid groups (broad SMARTS) is 1. The highest BCUT2D eigenvalue weighted by Crippen LogP contribution is 2.43. The van der Waals surface area contributed by atoms with E-state index < -0.39 is 35.9 Å². The molecular formula is C32H34F3N7O6.